The van der Waals surface area contributed by atoms with Crippen LogP contribution in [0.15, 0.2) is 0 Å². The molecule has 21 heavy (non-hydrogen) atoms. The fraction of sp³-hybridized carbons (Fsp3) is 0.765. The van der Waals surface area contributed by atoms with Gasteiger partial charge in [-0.25, -0.2) is 0 Å². The van der Waals surface area contributed by atoms with Crippen molar-refractivity contribution < 1.29 is 19.1 Å². The van der Waals surface area contributed by atoms with Gasteiger partial charge in [-0.05, 0) is 19.8 Å². The maximum absolute atomic E-state index is 11.5. The van der Waals surface area contributed by atoms with E-state index in [1.54, 1.807) is 6.92 Å². The summed E-state index contributed by atoms with van der Waals surface area (Å²) < 4.78 is 10.2. The monoisotopic (exact) mass is 296 g/mol. The van der Waals surface area contributed by atoms with Gasteiger partial charge in [0.1, 0.15) is 0 Å². The molecule has 1 atom stereocenters. The smallest absolute Gasteiger partial charge is 0.307 e. The summed E-state index contributed by atoms with van der Waals surface area (Å²) in [6.07, 6.45) is 5.96. The van der Waals surface area contributed by atoms with Crippen LogP contribution in [0, 0.1) is 11.8 Å². The summed E-state index contributed by atoms with van der Waals surface area (Å²) in [6, 6.07) is 0. The van der Waals surface area contributed by atoms with Crippen molar-refractivity contribution >= 4 is 11.9 Å². The minimum atomic E-state index is -0.399. The Balaban J connectivity index is 3.67. The molecule has 0 saturated heterocycles. The molecule has 0 rings (SSSR count). The van der Waals surface area contributed by atoms with Crippen LogP contribution >= 0.6 is 0 Å². The van der Waals surface area contributed by atoms with E-state index in [4.69, 9.17) is 9.47 Å². The molecule has 0 aromatic rings. The molecule has 120 valence electrons. The zero-order chi connectivity index (χ0) is 15.9. The molecule has 0 aliphatic heterocycles. The average molecular weight is 296 g/mol. The fourth-order valence-electron chi connectivity index (χ4n) is 1.76. The molecule has 0 fully saturated rings. The van der Waals surface area contributed by atoms with Crippen LogP contribution in [0.5, 0.6) is 0 Å². The molecule has 0 aliphatic carbocycles. The van der Waals surface area contributed by atoms with Crippen molar-refractivity contribution in [1.82, 2.24) is 0 Å². The van der Waals surface area contributed by atoms with Crippen molar-refractivity contribution in [3.63, 3.8) is 0 Å². The minimum Gasteiger partial charge on any atom is -0.466 e. The van der Waals surface area contributed by atoms with Gasteiger partial charge in [0.05, 0.1) is 19.4 Å². The van der Waals surface area contributed by atoms with Gasteiger partial charge in [-0.2, -0.15) is 0 Å². The third kappa shape index (κ3) is 12.0. The first-order valence-corrected chi connectivity index (χ1v) is 7.91. The van der Waals surface area contributed by atoms with Gasteiger partial charge in [0.25, 0.3) is 0 Å². The molecule has 0 radical (unpaired) electrons. The van der Waals surface area contributed by atoms with Crippen LogP contribution in [0.1, 0.15) is 72.1 Å². The molecular formula is C17H28O4. The van der Waals surface area contributed by atoms with Crippen molar-refractivity contribution in [2.24, 2.45) is 0 Å². The van der Waals surface area contributed by atoms with Crippen molar-refractivity contribution in [3.05, 3.63) is 0 Å². The zero-order valence-corrected chi connectivity index (χ0v) is 13.6. The lowest BCUT2D eigenvalue weighted by molar-refractivity contribution is -0.152. The molecule has 0 heterocycles. The lowest BCUT2D eigenvalue weighted by Crippen LogP contribution is -2.17. The Bertz CT molecular complexity index is 352. The molecule has 4 nitrogen and oxygen atoms in total. The van der Waals surface area contributed by atoms with Crippen LogP contribution in [0.2, 0.25) is 0 Å². The second-order valence-electron chi connectivity index (χ2n) is 4.92. The topological polar surface area (TPSA) is 52.6 Å². The van der Waals surface area contributed by atoms with Gasteiger partial charge in [0, 0.05) is 0 Å². The van der Waals surface area contributed by atoms with Crippen LogP contribution in [0.4, 0.5) is 0 Å². The third-order valence-electron chi connectivity index (χ3n) is 2.99. The molecule has 0 N–H and O–H groups in total. The summed E-state index contributed by atoms with van der Waals surface area (Å²) in [6.45, 7) is 6.20. The highest BCUT2D eigenvalue weighted by Crippen LogP contribution is 2.05. The van der Waals surface area contributed by atoms with Crippen molar-refractivity contribution in [2.75, 3.05) is 6.61 Å². The number of esters is 2. The van der Waals surface area contributed by atoms with Crippen LogP contribution in [-0.4, -0.2) is 24.6 Å². The van der Waals surface area contributed by atoms with Crippen LogP contribution < -0.4 is 0 Å². The summed E-state index contributed by atoms with van der Waals surface area (Å²) in [7, 11) is 0. The highest BCUT2D eigenvalue weighted by molar-refractivity contribution is 5.77. The number of rotatable bonds is 11. The lowest BCUT2D eigenvalue weighted by atomic mass is 10.2. The average Bonchev–Trinajstić information content (AvgIpc) is 2.48. The number of unbranched alkanes of at least 4 members (excludes halogenated alkanes) is 4. The van der Waals surface area contributed by atoms with E-state index in [-0.39, 0.29) is 24.9 Å². The summed E-state index contributed by atoms with van der Waals surface area (Å²) in [4.78, 5) is 23.0. The van der Waals surface area contributed by atoms with E-state index >= 15 is 0 Å². The van der Waals surface area contributed by atoms with Crippen LogP contribution in [0.3, 0.4) is 0 Å². The van der Waals surface area contributed by atoms with E-state index in [1.807, 2.05) is 6.92 Å². The molecule has 0 spiro atoms. The van der Waals surface area contributed by atoms with E-state index in [0.29, 0.717) is 13.0 Å². The first-order chi connectivity index (χ1) is 10.1. The van der Waals surface area contributed by atoms with Crippen LogP contribution in [-0.2, 0) is 19.1 Å². The molecule has 0 amide bonds. The van der Waals surface area contributed by atoms with E-state index < -0.39 is 5.97 Å². The standard InChI is InChI=1S/C17H28O4/c1-4-7-8-9-10-14-20-16(18)12-13-17(19)21-15(6-3)11-5-2/h15H,4,6-10,12-14H2,1-3H3. The SMILES string of the molecule is CC#CC(CC)OC(=O)CCC(=O)OCCCCCCC. The number of hydrogen-bond acceptors (Lipinski definition) is 4. The fourth-order valence-corrected chi connectivity index (χ4v) is 1.76. The predicted molar refractivity (Wildman–Crippen MR) is 82.6 cm³/mol. The first kappa shape index (κ1) is 19.5. The second kappa shape index (κ2) is 13.5. The quantitative estimate of drug-likeness (QED) is 0.332. The number of carbonyl (C=O) groups excluding carboxylic acids is 2. The van der Waals surface area contributed by atoms with E-state index in [1.165, 1.54) is 19.3 Å². The maximum atomic E-state index is 11.5. The van der Waals surface area contributed by atoms with Crippen molar-refractivity contribution in [2.45, 2.75) is 78.2 Å². The van der Waals surface area contributed by atoms with Gasteiger partial charge in [0.15, 0.2) is 6.10 Å². The molecular weight excluding hydrogens is 268 g/mol. The zero-order valence-electron chi connectivity index (χ0n) is 13.6. The van der Waals surface area contributed by atoms with E-state index in [2.05, 4.69) is 18.8 Å². The van der Waals surface area contributed by atoms with E-state index in [9.17, 15) is 9.59 Å². The normalized spacial score (nSPS) is 11.2. The molecule has 0 bridgehead atoms. The number of carbonyl (C=O) groups is 2. The Labute approximate surface area is 128 Å². The maximum Gasteiger partial charge on any atom is 0.307 e. The molecule has 0 aliphatic rings. The van der Waals surface area contributed by atoms with Gasteiger partial charge in [-0.3, -0.25) is 9.59 Å². The van der Waals surface area contributed by atoms with E-state index in [0.717, 1.165) is 12.8 Å². The van der Waals surface area contributed by atoms with Crippen molar-refractivity contribution in [1.29, 1.82) is 0 Å². The molecule has 4 heteroatoms. The lowest BCUT2D eigenvalue weighted by Gasteiger charge is -2.10. The highest BCUT2D eigenvalue weighted by atomic mass is 16.5. The van der Waals surface area contributed by atoms with Crippen molar-refractivity contribution in [3.8, 4) is 11.8 Å². The second-order valence-corrected chi connectivity index (χ2v) is 4.92. The number of hydrogen-bond donors (Lipinski definition) is 0. The molecule has 0 saturated carbocycles. The molecule has 0 aromatic heterocycles. The number of ether oxygens (including phenoxy) is 2. The Morgan fingerprint density at radius 3 is 2.29 bits per heavy atom. The largest absolute Gasteiger partial charge is 0.466 e. The van der Waals surface area contributed by atoms with Gasteiger partial charge in [0.2, 0.25) is 0 Å². The van der Waals surface area contributed by atoms with Gasteiger partial charge < -0.3 is 9.47 Å². The Morgan fingerprint density at radius 2 is 1.67 bits per heavy atom. The van der Waals surface area contributed by atoms with Gasteiger partial charge in [-0.1, -0.05) is 45.5 Å². The van der Waals surface area contributed by atoms with Gasteiger partial charge in [-0.15, -0.1) is 5.92 Å². The highest BCUT2D eigenvalue weighted by Gasteiger charge is 2.12. The minimum absolute atomic E-state index is 0.0521. The molecule has 1 unspecified atom stereocenters. The summed E-state index contributed by atoms with van der Waals surface area (Å²) in [5.74, 6) is 4.78. The van der Waals surface area contributed by atoms with Crippen LogP contribution in [0.25, 0.3) is 0 Å². The summed E-state index contributed by atoms with van der Waals surface area (Å²) >= 11 is 0. The van der Waals surface area contributed by atoms with Gasteiger partial charge >= 0.3 is 11.9 Å². The summed E-state index contributed by atoms with van der Waals surface area (Å²) in [5, 5.41) is 0. The Hall–Kier alpha value is -1.50. The first-order valence-electron chi connectivity index (χ1n) is 7.91. The summed E-state index contributed by atoms with van der Waals surface area (Å²) in [5.41, 5.74) is 0. The Kier molecular flexibility index (Phi) is 12.5. The predicted octanol–water partition coefficient (Wildman–Crippen LogP) is 3.63. The molecule has 0 aromatic carbocycles. The Morgan fingerprint density at radius 1 is 1.00 bits per heavy atom. The third-order valence-corrected chi connectivity index (χ3v) is 2.99.